The highest BCUT2D eigenvalue weighted by Crippen LogP contribution is 2.34. The molecule has 0 spiro atoms. The van der Waals surface area contributed by atoms with E-state index >= 15 is 0 Å². The molecule has 2 atom stereocenters. The van der Waals surface area contributed by atoms with Gasteiger partial charge >= 0.3 is 0 Å². The largest absolute Gasteiger partial charge is 0.337 e. The van der Waals surface area contributed by atoms with Gasteiger partial charge in [-0.3, -0.25) is 4.79 Å². The number of carbonyl (C=O) groups is 1. The zero-order valence-corrected chi connectivity index (χ0v) is 12.3. The van der Waals surface area contributed by atoms with E-state index in [1.807, 2.05) is 0 Å². The van der Waals surface area contributed by atoms with Gasteiger partial charge in [0.15, 0.2) is 0 Å². The Labute approximate surface area is 116 Å². The molecule has 1 heterocycles. The van der Waals surface area contributed by atoms with E-state index in [1.54, 1.807) is 6.92 Å². The smallest absolute Gasteiger partial charge is 0.219 e. The van der Waals surface area contributed by atoms with Gasteiger partial charge in [-0.2, -0.15) is 0 Å². The third-order valence-electron chi connectivity index (χ3n) is 4.80. The third kappa shape index (κ3) is 3.29. The minimum absolute atomic E-state index is 0.286. The molecule has 2 aliphatic carbocycles. The van der Waals surface area contributed by atoms with Crippen molar-refractivity contribution in [3.05, 3.63) is 0 Å². The summed E-state index contributed by atoms with van der Waals surface area (Å²) in [5.74, 6) is 0.886. The minimum atomic E-state index is 0.286. The van der Waals surface area contributed by atoms with Crippen molar-refractivity contribution >= 4 is 5.91 Å². The van der Waals surface area contributed by atoms with Crippen molar-refractivity contribution in [2.24, 2.45) is 5.92 Å². The maximum atomic E-state index is 12.0. The highest BCUT2D eigenvalue weighted by atomic mass is 16.2. The number of carbonyl (C=O) groups excluding carboxylic acids is 1. The summed E-state index contributed by atoms with van der Waals surface area (Å²) in [6.07, 6.45) is 6.26. The molecule has 1 N–H and O–H groups in total. The Hall–Kier alpha value is -0.610. The summed E-state index contributed by atoms with van der Waals surface area (Å²) in [6.45, 7) is 5.08. The standard InChI is InChI=1S/C15H27N3O/c1-11(19)18(14-5-6-14)15-7-8-17(2)10-12(15)9-16-13-3-4-13/h12-16H,3-10H2,1-2H3. The molecule has 2 saturated carbocycles. The second kappa shape index (κ2) is 5.41. The Kier molecular flexibility index (Phi) is 3.81. The predicted molar refractivity (Wildman–Crippen MR) is 76.0 cm³/mol. The maximum Gasteiger partial charge on any atom is 0.219 e. The fourth-order valence-electron chi connectivity index (χ4n) is 3.49. The van der Waals surface area contributed by atoms with Crippen LogP contribution in [0, 0.1) is 5.92 Å². The number of amides is 1. The SMILES string of the molecule is CC(=O)N(C1CC1)C1CCN(C)CC1CNC1CC1. The normalized spacial score (nSPS) is 32.3. The van der Waals surface area contributed by atoms with E-state index in [4.69, 9.17) is 0 Å². The summed E-state index contributed by atoms with van der Waals surface area (Å²) in [5, 5.41) is 3.67. The van der Waals surface area contributed by atoms with Gasteiger partial charge in [0.1, 0.15) is 0 Å². The van der Waals surface area contributed by atoms with E-state index in [0.717, 1.165) is 32.1 Å². The fraction of sp³-hybridized carbons (Fsp3) is 0.933. The molecule has 4 heteroatoms. The Bertz CT molecular complexity index is 338. The molecular formula is C15H27N3O. The first kappa shape index (κ1) is 13.4. The minimum Gasteiger partial charge on any atom is -0.337 e. The fourth-order valence-corrected chi connectivity index (χ4v) is 3.49. The average Bonchev–Trinajstić information content (AvgIpc) is 3.23. The number of nitrogens with zero attached hydrogens (tertiary/aromatic N) is 2. The summed E-state index contributed by atoms with van der Waals surface area (Å²) in [6, 6.07) is 1.78. The first-order valence-electron chi connectivity index (χ1n) is 7.86. The van der Waals surface area contributed by atoms with E-state index in [1.165, 1.54) is 25.7 Å². The predicted octanol–water partition coefficient (Wildman–Crippen LogP) is 1.07. The Morgan fingerprint density at radius 1 is 1.26 bits per heavy atom. The first-order valence-corrected chi connectivity index (χ1v) is 7.86. The first-order chi connectivity index (χ1) is 9.15. The molecule has 1 saturated heterocycles. The maximum absolute atomic E-state index is 12.0. The van der Waals surface area contributed by atoms with Crippen LogP contribution in [0.3, 0.4) is 0 Å². The van der Waals surface area contributed by atoms with Crippen molar-refractivity contribution < 1.29 is 4.79 Å². The van der Waals surface area contributed by atoms with Crippen LogP contribution in [0.5, 0.6) is 0 Å². The molecule has 1 aliphatic heterocycles. The summed E-state index contributed by atoms with van der Waals surface area (Å²) in [5.41, 5.74) is 0. The van der Waals surface area contributed by atoms with Gasteiger partial charge in [-0.1, -0.05) is 0 Å². The molecule has 0 aromatic carbocycles. The monoisotopic (exact) mass is 265 g/mol. The van der Waals surface area contributed by atoms with Crippen LogP contribution >= 0.6 is 0 Å². The summed E-state index contributed by atoms with van der Waals surface area (Å²) >= 11 is 0. The van der Waals surface area contributed by atoms with Crippen molar-refractivity contribution in [1.29, 1.82) is 0 Å². The second-order valence-corrected chi connectivity index (χ2v) is 6.72. The van der Waals surface area contributed by atoms with Gasteiger partial charge in [-0.05, 0) is 45.7 Å². The number of likely N-dealkylation sites (tertiary alicyclic amines) is 1. The van der Waals surface area contributed by atoms with Crippen molar-refractivity contribution in [3.8, 4) is 0 Å². The van der Waals surface area contributed by atoms with E-state index < -0.39 is 0 Å². The molecule has 3 fully saturated rings. The van der Waals surface area contributed by atoms with Crippen LogP contribution in [-0.2, 0) is 4.79 Å². The Balaban J connectivity index is 1.65. The van der Waals surface area contributed by atoms with Gasteiger partial charge in [-0.15, -0.1) is 0 Å². The van der Waals surface area contributed by atoms with Crippen molar-refractivity contribution in [2.75, 3.05) is 26.7 Å². The number of rotatable bonds is 5. The molecule has 3 aliphatic rings. The van der Waals surface area contributed by atoms with Crippen LogP contribution in [0.1, 0.15) is 39.0 Å². The van der Waals surface area contributed by atoms with E-state index in [0.29, 0.717) is 18.0 Å². The zero-order chi connectivity index (χ0) is 13.4. The molecule has 0 aromatic rings. The van der Waals surface area contributed by atoms with E-state index in [-0.39, 0.29) is 5.91 Å². The van der Waals surface area contributed by atoms with Gasteiger partial charge in [-0.25, -0.2) is 0 Å². The van der Waals surface area contributed by atoms with Crippen molar-refractivity contribution in [1.82, 2.24) is 15.1 Å². The van der Waals surface area contributed by atoms with Crippen LogP contribution in [0.15, 0.2) is 0 Å². The Morgan fingerprint density at radius 3 is 2.58 bits per heavy atom. The number of hydrogen-bond donors (Lipinski definition) is 1. The molecular weight excluding hydrogens is 238 g/mol. The van der Waals surface area contributed by atoms with E-state index in [2.05, 4.69) is 22.2 Å². The summed E-state index contributed by atoms with van der Waals surface area (Å²) in [4.78, 5) is 16.6. The van der Waals surface area contributed by atoms with E-state index in [9.17, 15) is 4.79 Å². The molecule has 0 radical (unpaired) electrons. The zero-order valence-electron chi connectivity index (χ0n) is 12.3. The number of piperidine rings is 1. The molecule has 0 aromatic heterocycles. The third-order valence-corrected chi connectivity index (χ3v) is 4.80. The summed E-state index contributed by atoms with van der Waals surface area (Å²) < 4.78 is 0. The molecule has 108 valence electrons. The van der Waals surface area contributed by atoms with Gasteiger partial charge in [0, 0.05) is 44.1 Å². The molecule has 4 nitrogen and oxygen atoms in total. The molecule has 0 bridgehead atoms. The van der Waals surface area contributed by atoms with Crippen LogP contribution < -0.4 is 5.32 Å². The van der Waals surface area contributed by atoms with Crippen LogP contribution in [0.4, 0.5) is 0 Å². The lowest BCUT2D eigenvalue weighted by Crippen LogP contribution is -2.55. The number of hydrogen-bond acceptors (Lipinski definition) is 3. The number of nitrogens with one attached hydrogen (secondary N) is 1. The second-order valence-electron chi connectivity index (χ2n) is 6.72. The van der Waals surface area contributed by atoms with Crippen LogP contribution in [0.25, 0.3) is 0 Å². The lowest BCUT2D eigenvalue weighted by molar-refractivity contribution is -0.134. The topological polar surface area (TPSA) is 35.6 Å². The quantitative estimate of drug-likeness (QED) is 0.808. The van der Waals surface area contributed by atoms with Crippen LogP contribution in [-0.4, -0.2) is 60.5 Å². The van der Waals surface area contributed by atoms with Gasteiger partial charge in [0.2, 0.25) is 5.91 Å². The van der Waals surface area contributed by atoms with Gasteiger partial charge in [0.05, 0.1) is 0 Å². The lowest BCUT2D eigenvalue weighted by Gasteiger charge is -2.43. The van der Waals surface area contributed by atoms with Gasteiger partial charge in [0.25, 0.3) is 0 Å². The van der Waals surface area contributed by atoms with Crippen molar-refractivity contribution in [2.45, 2.75) is 57.2 Å². The molecule has 19 heavy (non-hydrogen) atoms. The molecule has 3 rings (SSSR count). The Morgan fingerprint density at radius 2 is 2.00 bits per heavy atom. The average molecular weight is 265 g/mol. The highest BCUT2D eigenvalue weighted by Gasteiger charge is 2.41. The van der Waals surface area contributed by atoms with Gasteiger partial charge < -0.3 is 15.1 Å². The molecule has 1 amide bonds. The highest BCUT2D eigenvalue weighted by molar-refractivity contribution is 5.74. The summed E-state index contributed by atoms with van der Waals surface area (Å²) in [7, 11) is 2.20. The molecule has 2 unspecified atom stereocenters. The van der Waals surface area contributed by atoms with Crippen LogP contribution in [0.2, 0.25) is 0 Å². The van der Waals surface area contributed by atoms with Crippen molar-refractivity contribution in [3.63, 3.8) is 0 Å². The lowest BCUT2D eigenvalue weighted by atomic mass is 9.90.